The van der Waals surface area contributed by atoms with Gasteiger partial charge in [-0.3, -0.25) is 4.79 Å². The summed E-state index contributed by atoms with van der Waals surface area (Å²) in [7, 11) is 0. The Morgan fingerprint density at radius 1 is 1.38 bits per heavy atom. The van der Waals surface area contributed by atoms with Gasteiger partial charge < -0.3 is 4.74 Å². The van der Waals surface area contributed by atoms with E-state index in [1.807, 2.05) is 0 Å². The van der Waals surface area contributed by atoms with Gasteiger partial charge in [-0.25, -0.2) is 0 Å². The van der Waals surface area contributed by atoms with E-state index in [1.165, 1.54) is 6.07 Å². The molecule has 0 bridgehead atoms. The molecule has 0 unspecified atom stereocenters. The molecule has 0 N–H and O–H groups in total. The summed E-state index contributed by atoms with van der Waals surface area (Å²) in [6, 6.07) is 2.34. The van der Waals surface area contributed by atoms with E-state index in [0.717, 1.165) is 6.07 Å². The molecule has 0 saturated carbocycles. The Morgan fingerprint density at radius 2 is 2.00 bits per heavy atom. The highest BCUT2D eigenvalue weighted by atomic mass is 35.5. The molecule has 88 valence electrons. The van der Waals surface area contributed by atoms with Crippen LogP contribution in [0.1, 0.15) is 23.7 Å². The van der Waals surface area contributed by atoms with E-state index in [9.17, 15) is 13.6 Å². The molecule has 0 aliphatic rings. The van der Waals surface area contributed by atoms with Crippen LogP contribution in [-0.2, 0) is 0 Å². The molecule has 0 heterocycles. The summed E-state index contributed by atoms with van der Waals surface area (Å²) in [5.41, 5.74) is 0.129. The summed E-state index contributed by atoms with van der Waals surface area (Å²) in [5, 5.41) is 0.0661. The van der Waals surface area contributed by atoms with Crippen LogP contribution < -0.4 is 4.74 Å². The van der Waals surface area contributed by atoms with Crippen LogP contribution in [0.25, 0.3) is 0 Å². The first-order chi connectivity index (χ1) is 7.45. The molecule has 0 saturated heterocycles. The van der Waals surface area contributed by atoms with Gasteiger partial charge in [0, 0.05) is 12.0 Å². The molecule has 0 radical (unpaired) electrons. The molecule has 0 amide bonds. The Morgan fingerprint density at radius 3 is 2.50 bits per heavy atom. The summed E-state index contributed by atoms with van der Waals surface area (Å²) in [5.74, 6) is -0.515. The lowest BCUT2D eigenvalue weighted by Gasteiger charge is -2.09. The quantitative estimate of drug-likeness (QED) is 0.766. The minimum Gasteiger partial charge on any atom is -0.433 e. The second-order valence-electron chi connectivity index (χ2n) is 2.92. The van der Waals surface area contributed by atoms with Crippen molar-refractivity contribution in [3.05, 3.63) is 27.7 Å². The predicted molar refractivity (Wildman–Crippen MR) is 57.7 cm³/mol. The third kappa shape index (κ3) is 3.06. The van der Waals surface area contributed by atoms with Crippen molar-refractivity contribution < 1.29 is 18.3 Å². The van der Waals surface area contributed by atoms with Crippen molar-refractivity contribution >= 4 is 29.0 Å². The summed E-state index contributed by atoms with van der Waals surface area (Å²) in [6.07, 6.45) is 0.218. The van der Waals surface area contributed by atoms with Crippen molar-refractivity contribution in [3.8, 4) is 5.75 Å². The summed E-state index contributed by atoms with van der Waals surface area (Å²) >= 11 is 11.4. The Bertz CT molecular complexity index is 408. The molecular formula is C10H8Cl2F2O2. The number of carbonyl (C=O) groups excluding carboxylic acids is 1. The summed E-state index contributed by atoms with van der Waals surface area (Å²) in [6.45, 7) is -1.36. The minimum atomic E-state index is -3.00. The monoisotopic (exact) mass is 268 g/mol. The van der Waals surface area contributed by atoms with E-state index in [1.54, 1.807) is 6.92 Å². The average Bonchev–Trinajstić information content (AvgIpc) is 2.20. The van der Waals surface area contributed by atoms with E-state index in [0.29, 0.717) is 0 Å². The largest absolute Gasteiger partial charge is 0.433 e. The lowest BCUT2D eigenvalue weighted by Crippen LogP contribution is -2.05. The first kappa shape index (κ1) is 13.2. The highest BCUT2D eigenvalue weighted by molar-refractivity contribution is 6.37. The number of alkyl halides is 2. The van der Waals surface area contributed by atoms with Gasteiger partial charge in [-0.1, -0.05) is 30.1 Å². The molecule has 2 nitrogen and oxygen atoms in total. The molecule has 0 aliphatic heterocycles. The molecule has 0 aliphatic carbocycles. The fourth-order valence-corrected chi connectivity index (χ4v) is 1.65. The third-order valence-corrected chi connectivity index (χ3v) is 2.47. The molecule has 0 aromatic heterocycles. The second kappa shape index (κ2) is 5.46. The van der Waals surface area contributed by atoms with Crippen molar-refractivity contribution in [2.75, 3.05) is 0 Å². The van der Waals surface area contributed by atoms with Crippen LogP contribution in [0.3, 0.4) is 0 Å². The van der Waals surface area contributed by atoms with Crippen LogP contribution in [0, 0.1) is 0 Å². The lowest BCUT2D eigenvalue weighted by molar-refractivity contribution is -0.0498. The van der Waals surface area contributed by atoms with E-state index in [-0.39, 0.29) is 33.6 Å². The van der Waals surface area contributed by atoms with Gasteiger partial charge in [-0.2, -0.15) is 8.78 Å². The maximum atomic E-state index is 12.0. The summed E-state index contributed by atoms with van der Waals surface area (Å²) in [4.78, 5) is 11.4. The Hall–Kier alpha value is -0.870. The molecule has 6 heteroatoms. The van der Waals surface area contributed by atoms with E-state index in [4.69, 9.17) is 23.2 Å². The van der Waals surface area contributed by atoms with Gasteiger partial charge in [0.15, 0.2) is 5.78 Å². The number of ether oxygens (including phenoxy) is 1. The average molecular weight is 269 g/mol. The molecule has 1 aromatic rings. The van der Waals surface area contributed by atoms with Gasteiger partial charge in [0.1, 0.15) is 5.75 Å². The number of hydrogen-bond acceptors (Lipinski definition) is 2. The molecule has 1 aromatic carbocycles. The van der Waals surface area contributed by atoms with Crippen LogP contribution in [-0.4, -0.2) is 12.4 Å². The highest BCUT2D eigenvalue weighted by Crippen LogP contribution is 2.32. The van der Waals surface area contributed by atoms with Gasteiger partial charge >= 0.3 is 6.61 Å². The van der Waals surface area contributed by atoms with Gasteiger partial charge in [-0.05, 0) is 12.1 Å². The molecule has 1 rings (SSSR count). The van der Waals surface area contributed by atoms with Crippen molar-refractivity contribution in [3.63, 3.8) is 0 Å². The zero-order valence-electron chi connectivity index (χ0n) is 8.27. The molecule has 0 spiro atoms. The first-order valence-corrected chi connectivity index (χ1v) is 5.18. The zero-order valence-corrected chi connectivity index (χ0v) is 9.78. The normalized spacial score (nSPS) is 10.6. The Labute approximate surface area is 101 Å². The number of ketones is 1. The number of benzene rings is 1. The number of Topliss-reactive ketones (excluding diaryl/α,β-unsaturated/α-hetero) is 1. The number of carbonyl (C=O) groups is 1. The minimum absolute atomic E-state index is 0.0575. The Balaban J connectivity index is 3.16. The standard InChI is InChI=1S/C10H8Cl2F2O2/c1-2-8(15)5-3-9(16-10(13)14)7(12)4-6(5)11/h3-4,10H,2H2,1H3. The van der Waals surface area contributed by atoms with Crippen LogP contribution in [0.15, 0.2) is 12.1 Å². The molecule has 16 heavy (non-hydrogen) atoms. The van der Waals surface area contributed by atoms with Crippen LogP contribution in [0.4, 0.5) is 8.78 Å². The van der Waals surface area contributed by atoms with Gasteiger partial charge in [0.25, 0.3) is 0 Å². The zero-order chi connectivity index (χ0) is 12.3. The molecule has 0 atom stereocenters. The summed E-state index contributed by atoms with van der Waals surface area (Å²) < 4.78 is 28.2. The maximum Gasteiger partial charge on any atom is 0.387 e. The topological polar surface area (TPSA) is 26.3 Å². The lowest BCUT2D eigenvalue weighted by atomic mass is 10.1. The van der Waals surface area contributed by atoms with Crippen LogP contribution >= 0.6 is 23.2 Å². The highest BCUT2D eigenvalue weighted by Gasteiger charge is 2.15. The van der Waals surface area contributed by atoms with E-state index >= 15 is 0 Å². The second-order valence-corrected chi connectivity index (χ2v) is 3.73. The van der Waals surface area contributed by atoms with E-state index < -0.39 is 6.61 Å². The first-order valence-electron chi connectivity index (χ1n) is 4.42. The Kier molecular flexibility index (Phi) is 4.50. The van der Waals surface area contributed by atoms with Crippen molar-refractivity contribution in [2.24, 2.45) is 0 Å². The fourth-order valence-electron chi connectivity index (χ4n) is 1.12. The number of hydrogen-bond donors (Lipinski definition) is 0. The maximum absolute atomic E-state index is 12.0. The SMILES string of the molecule is CCC(=O)c1cc(OC(F)F)c(Cl)cc1Cl. The van der Waals surface area contributed by atoms with Crippen LogP contribution in [0.5, 0.6) is 5.75 Å². The number of halogens is 4. The molecule has 0 fully saturated rings. The van der Waals surface area contributed by atoms with Crippen molar-refractivity contribution in [1.82, 2.24) is 0 Å². The fraction of sp³-hybridized carbons (Fsp3) is 0.300. The van der Waals surface area contributed by atoms with E-state index in [2.05, 4.69) is 4.74 Å². The van der Waals surface area contributed by atoms with Gasteiger partial charge in [-0.15, -0.1) is 0 Å². The third-order valence-electron chi connectivity index (χ3n) is 1.86. The van der Waals surface area contributed by atoms with Crippen LogP contribution in [0.2, 0.25) is 10.0 Å². The van der Waals surface area contributed by atoms with Crippen molar-refractivity contribution in [2.45, 2.75) is 20.0 Å². The smallest absolute Gasteiger partial charge is 0.387 e. The van der Waals surface area contributed by atoms with Gasteiger partial charge in [0.05, 0.1) is 10.0 Å². The van der Waals surface area contributed by atoms with Crippen molar-refractivity contribution in [1.29, 1.82) is 0 Å². The predicted octanol–water partition coefficient (Wildman–Crippen LogP) is 4.19. The molecular weight excluding hydrogens is 261 g/mol. The number of rotatable bonds is 4. The van der Waals surface area contributed by atoms with Gasteiger partial charge in [0.2, 0.25) is 0 Å².